The van der Waals surface area contributed by atoms with Crippen molar-refractivity contribution in [1.82, 2.24) is 9.97 Å². The van der Waals surface area contributed by atoms with E-state index in [4.69, 9.17) is 10.5 Å². The van der Waals surface area contributed by atoms with Crippen LogP contribution in [0.5, 0.6) is 5.75 Å². The van der Waals surface area contributed by atoms with Crippen LogP contribution in [0.4, 0.5) is 23.4 Å². The van der Waals surface area contributed by atoms with Gasteiger partial charge >= 0.3 is 6.18 Å². The molecule has 1 heterocycles. The van der Waals surface area contributed by atoms with E-state index >= 15 is 4.39 Å². The molecule has 0 atom stereocenters. The van der Waals surface area contributed by atoms with Gasteiger partial charge in [-0.1, -0.05) is 67.1 Å². The van der Waals surface area contributed by atoms with Crippen LogP contribution in [0.15, 0.2) is 79.2 Å². The Kier molecular flexibility index (Phi) is 6.28. The number of anilines is 1. The number of halogens is 4. The van der Waals surface area contributed by atoms with Gasteiger partial charge in [0.1, 0.15) is 17.8 Å². The van der Waals surface area contributed by atoms with Crippen molar-refractivity contribution in [3.05, 3.63) is 96.1 Å². The highest BCUT2D eigenvalue weighted by molar-refractivity contribution is 5.64. The maximum atomic E-state index is 15.8. The van der Waals surface area contributed by atoms with Gasteiger partial charge < -0.3 is 10.5 Å². The zero-order chi connectivity index (χ0) is 25.3. The van der Waals surface area contributed by atoms with Crippen molar-refractivity contribution in [2.24, 2.45) is 5.41 Å². The zero-order valence-corrected chi connectivity index (χ0v) is 19.4. The lowest BCUT2D eigenvalue weighted by atomic mass is 9.78. The van der Waals surface area contributed by atoms with Crippen molar-refractivity contribution in [2.45, 2.75) is 37.3 Å². The molecule has 1 saturated carbocycles. The molecule has 1 aromatic heterocycles. The molecule has 36 heavy (non-hydrogen) atoms. The Morgan fingerprint density at radius 1 is 0.972 bits per heavy atom. The molecule has 3 aromatic rings. The summed E-state index contributed by atoms with van der Waals surface area (Å²) in [7, 11) is 0. The molecule has 186 valence electrons. The van der Waals surface area contributed by atoms with E-state index in [0.29, 0.717) is 5.56 Å². The van der Waals surface area contributed by atoms with Crippen LogP contribution in [0.3, 0.4) is 0 Å². The third-order valence-electron chi connectivity index (χ3n) is 6.99. The molecular weight excluding hydrogens is 470 g/mol. The predicted molar refractivity (Wildman–Crippen MR) is 130 cm³/mol. The molecule has 0 amide bonds. The molecule has 4 nitrogen and oxygen atoms in total. The normalized spacial score (nSPS) is 21.8. The number of benzene rings is 2. The van der Waals surface area contributed by atoms with E-state index < -0.39 is 24.0 Å². The first kappa shape index (κ1) is 24.0. The minimum atomic E-state index is -4.63. The third kappa shape index (κ3) is 4.47. The molecule has 1 fully saturated rings. The molecule has 5 rings (SSSR count). The van der Waals surface area contributed by atoms with Gasteiger partial charge in [-0.15, -0.1) is 0 Å². The molecule has 0 aliphatic heterocycles. The topological polar surface area (TPSA) is 61.0 Å². The average molecular weight is 496 g/mol. The Balaban J connectivity index is 1.47. The number of nitrogens with two attached hydrogens (primary N) is 1. The molecule has 2 N–H and O–H groups in total. The summed E-state index contributed by atoms with van der Waals surface area (Å²) in [5.74, 6) is -0.967. The standard InChI is InChI=1S/C28H25F4N3O/c29-25-22(23-15-35-24(33)16-34-23)10-9-21(20-7-4-8-20)26(25)36-17-27(28(30,31)32)13-11-19(12-14-27)18-5-2-1-3-6-18/h1-3,5-6,9-16,19-20H,4,7-8,17H2,(H2,33,35). The highest BCUT2D eigenvalue weighted by atomic mass is 19.4. The van der Waals surface area contributed by atoms with Gasteiger partial charge in [-0.05, 0) is 30.4 Å². The maximum absolute atomic E-state index is 15.8. The summed E-state index contributed by atoms with van der Waals surface area (Å²) in [5.41, 5.74) is 4.99. The Morgan fingerprint density at radius 3 is 2.28 bits per heavy atom. The van der Waals surface area contributed by atoms with Crippen LogP contribution < -0.4 is 10.5 Å². The number of nitrogens with zero attached hydrogens (tertiary/aromatic N) is 2. The molecule has 2 aliphatic rings. The lowest BCUT2D eigenvalue weighted by molar-refractivity contribution is -0.197. The van der Waals surface area contributed by atoms with Crippen LogP contribution in [0.2, 0.25) is 0 Å². The second-order valence-electron chi connectivity index (χ2n) is 9.28. The number of hydrogen-bond donors (Lipinski definition) is 1. The first-order chi connectivity index (χ1) is 17.3. The molecule has 0 bridgehead atoms. The fraction of sp³-hybridized carbons (Fsp3) is 0.286. The first-order valence-electron chi connectivity index (χ1n) is 11.8. The number of hydrogen-bond acceptors (Lipinski definition) is 4. The molecular formula is C28H25F4N3O. The summed E-state index contributed by atoms with van der Waals surface area (Å²) in [4.78, 5) is 8.06. The van der Waals surface area contributed by atoms with Crippen LogP contribution in [0, 0.1) is 11.2 Å². The summed E-state index contributed by atoms with van der Waals surface area (Å²) in [6.07, 6.45) is 5.94. The van der Waals surface area contributed by atoms with E-state index in [1.165, 1.54) is 24.5 Å². The molecule has 2 aliphatic carbocycles. The van der Waals surface area contributed by atoms with Gasteiger partial charge in [0.25, 0.3) is 0 Å². The Hall–Kier alpha value is -3.68. The van der Waals surface area contributed by atoms with Gasteiger partial charge in [-0.25, -0.2) is 9.37 Å². The van der Waals surface area contributed by atoms with E-state index in [9.17, 15) is 13.2 Å². The second kappa shape index (κ2) is 9.41. The van der Waals surface area contributed by atoms with Crippen LogP contribution in [0.25, 0.3) is 11.3 Å². The zero-order valence-electron chi connectivity index (χ0n) is 19.4. The highest BCUT2D eigenvalue weighted by Gasteiger charge is 2.53. The first-order valence-corrected chi connectivity index (χ1v) is 11.8. The van der Waals surface area contributed by atoms with E-state index in [0.717, 1.165) is 37.0 Å². The van der Waals surface area contributed by atoms with E-state index in [1.54, 1.807) is 12.1 Å². The van der Waals surface area contributed by atoms with E-state index in [2.05, 4.69) is 9.97 Å². The number of nitrogen functional groups attached to an aromatic ring is 1. The SMILES string of the molecule is Nc1cnc(-c2ccc(C3CCC3)c(OCC3(C(F)(F)F)C=CC(c4ccccc4)C=C3)c2F)cn1. The largest absolute Gasteiger partial charge is 0.489 e. The molecule has 0 radical (unpaired) electrons. The summed E-state index contributed by atoms with van der Waals surface area (Å²) in [6, 6.07) is 12.6. The molecule has 8 heteroatoms. The van der Waals surface area contributed by atoms with Crippen LogP contribution in [-0.4, -0.2) is 22.8 Å². The van der Waals surface area contributed by atoms with E-state index in [1.807, 2.05) is 30.3 Å². The Labute approximate surface area is 206 Å². The molecule has 2 aromatic carbocycles. The number of ether oxygens (including phenoxy) is 1. The Bertz CT molecular complexity index is 1270. The van der Waals surface area contributed by atoms with Gasteiger partial charge in [0.15, 0.2) is 11.6 Å². The van der Waals surface area contributed by atoms with Gasteiger partial charge in [0.2, 0.25) is 0 Å². The summed E-state index contributed by atoms with van der Waals surface area (Å²) >= 11 is 0. The smallest absolute Gasteiger partial charge is 0.404 e. The third-order valence-corrected chi connectivity index (χ3v) is 6.99. The predicted octanol–water partition coefficient (Wildman–Crippen LogP) is 6.97. The maximum Gasteiger partial charge on any atom is 0.404 e. The summed E-state index contributed by atoms with van der Waals surface area (Å²) in [5, 5.41) is 0. The van der Waals surface area contributed by atoms with Crippen molar-refractivity contribution in [3.8, 4) is 17.0 Å². The van der Waals surface area contributed by atoms with Crippen LogP contribution in [-0.2, 0) is 0 Å². The quantitative estimate of drug-likeness (QED) is 0.296. The van der Waals surface area contributed by atoms with Crippen LogP contribution in [0.1, 0.15) is 42.2 Å². The second-order valence-corrected chi connectivity index (χ2v) is 9.28. The number of rotatable bonds is 6. The van der Waals surface area contributed by atoms with Crippen molar-refractivity contribution in [2.75, 3.05) is 12.3 Å². The summed E-state index contributed by atoms with van der Waals surface area (Å²) in [6.45, 7) is -0.779. The van der Waals surface area contributed by atoms with Crippen molar-refractivity contribution in [3.63, 3.8) is 0 Å². The highest BCUT2D eigenvalue weighted by Crippen LogP contribution is 2.47. The molecule has 0 saturated heterocycles. The minimum absolute atomic E-state index is 0.0442. The van der Waals surface area contributed by atoms with Gasteiger partial charge in [-0.3, -0.25) is 4.98 Å². The number of aromatic nitrogens is 2. The molecule has 0 unspecified atom stereocenters. The number of allylic oxidation sites excluding steroid dienone is 2. The van der Waals surface area contributed by atoms with Gasteiger partial charge in [0.05, 0.1) is 18.1 Å². The monoisotopic (exact) mass is 495 g/mol. The number of alkyl halides is 3. The van der Waals surface area contributed by atoms with Gasteiger partial charge in [0, 0.05) is 17.0 Å². The van der Waals surface area contributed by atoms with Crippen LogP contribution >= 0.6 is 0 Å². The lowest BCUT2D eigenvalue weighted by Crippen LogP contribution is -2.41. The fourth-order valence-corrected chi connectivity index (χ4v) is 4.56. The fourth-order valence-electron chi connectivity index (χ4n) is 4.56. The van der Waals surface area contributed by atoms with Crippen molar-refractivity contribution >= 4 is 5.82 Å². The van der Waals surface area contributed by atoms with E-state index in [-0.39, 0.29) is 34.7 Å². The lowest BCUT2D eigenvalue weighted by Gasteiger charge is -2.34. The minimum Gasteiger partial charge on any atom is -0.489 e. The van der Waals surface area contributed by atoms with Crippen molar-refractivity contribution < 1.29 is 22.3 Å². The van der Waals surface area contributed by atoms with Gasteiger partial charge in [-0.2, -0.15) is 13.2 Å². The Morgan fingerprint density at radius 2 is 1.69 bits per heavy atom. The van der Waals surface area contributed by atoms with Crippen molar-refractivity contribution in [1.29, 1.82) is 0 Å². The average Bonchev–Trinajstić information content (AvgIpc) is 2.84. The molecule has 0 spiro atoms. The summed E-state index contributed by atoms with van der Waals surface area (Å²) < 4.78 is 64.5.